The highest BCUT2D eigenvalue weighted by Gasteiger charge is 2.31. The summed E-state index contributed by atoms with van der Waals surface area (Å²) in [4.78, 5) is 0. The molecule has 0 atom stereocenters. The van der Waals surface area contributed by atoms with Crippen molar-refractivity contribution in [2.45, 2.75) is 26.4 Å². The van der Waals surface area contributed by atoms with Crippen molar-refractivity contribution >= 4 is 0 Å². The summed E-state index contributed by atoms with van der Waals surface area (Å²) in [5, 5.41) is 9.04. The number of rotatable bonds is 3. The maximum atomic E-state index is 13.1. The smallest absolute Gasteiger partial charge is 0.396 e. The maximum Gasteiger partial charge on any atom is 0.416 e. The van der Waals surface area contributed by atoms with E-state index < -0.39 is 23.0 Å². The fraction of sp³-hybridized carbons (Fsp3) is 0.500. The number of hydrogen-bond donors (Lipinski definition) is 1. The average Bonchev–Trinajstić information content (AvgIpc) is 2.14. The zero-order chi connectivity index (χ0) is 13.3. The highest BCUT2D eigenvalue weighted by molar-refractivity contribution is 5.27. The van der Waals surface area contributed by atoms with E-state index in [0.29, 0.717) is 6.07 Å². The van der Waals surface area contributed by atoms with E-state index in [4.69, 9.17) is 5.11 Å². The SMILES string of the molecule is CC(C)(CO)Cc1cc(F)cc(C(F)(F)F)c1. The first-order chi connectivity index (χ1) is 7.64. The molecule has 0 amide bonds. The molecule has 0 saturated heterocycles. The van der Waals surface area contributed by atoms with Gasteiger partial charge in [-0.25, -0.2) is 4.39 Å². The van der Waals surface area contributed by atoms with Gasteiger partial charge in [-0.15, -0.1) is 0 Å². The summed E-state index contributed by atoms with van der Waals surface area (Å²) >= 11 is 0. The highest BCUT2D eigenvalue weighted by Crippen LogP contribution is 2.32. The van der Waals surface area contributed by atoms with Crippen LogP contribution in [0, 0.1) is 11.2 Å². The lowest BCUT2D eigenvalue weighted by atomic mass is 9.86. The molecule has 0 saturated carbocycles. The number of aliphatic hydroxyl groups excluding tert-OH is 1. The minimum absolute atomic E-state index is 0.176. The summed E-state index contributed by atoms with van der Waals surface area (Å²) in [5.74, 6) is -0.913. The molecule has 0 bridgehead atoms. The highest BCUT2D eigenvalue weighted by atomic mass is 19.4. The van der Waals surface area contributed by atoms with E-state index >= 15 is 0 Å². The van der Waals surface area contributed by atoms with Crippen LogP contribution in [0.1, 0.15) is 25.0 Å². The van der Waals surface area contributed by atoms with Gasteiger partial charge in [0, 0.05) is 6.61 Å². The van der Waals surface area contributed by atoms with Crippen LogP contribution in [0.15, 0.2) is 18.2 Å². The summed E-state index contributed by atoms with van der Waals surface area (Å²) in [7, 11) is 0. The Morgan fingerprint density at radius 2 is 1.71 bits per heavy atom. The quantitative estimate of drug-likeness (QED) is 0.815. The molecule has 0 radical (unpaired) electrons. The van der Waals surface area contributed by atoms with Crippen molar-refractivity contribution in [3.63, 3.8) is 0 Å². The van der Waals surface area contributed by atoms with E-state index in [-0.39, 0.29) is 18.6 Å². The molecule has 0 aliphatic rings. The Kier molecular flexibility index (Phi) is 3.81. The Balaban J connectivity index is 3.06. The predicted octanol–water partition coefficient (Wildman–Crippen LogP) is 3.41. The molecule has 0 aromatic heterocycles. The van der Waals surface area contributed by atoms with E-state index in [0.717, 1.165) is 12.1 Å². The lowest BCUT2D eigenvalue weighted by Gasteiger charge is -2.22. The van der Waals surface area contributed by atoms with Gasteiger partial charge >= 0.3 is 6.18 Å². The van der Waals surface area contributed by atoms with Gasteiger partial charge in [0.15, 0.2) is 0 Å². The first kappa shape index (κ1) is 14.0. The molecular formula is C12H14F4O. The fourth-order valence-electron chi connectivity index (χ4n) is 1.52. The van der Waals surface area contributed by atoms with E-state index in [1.54, 1.807) is 13.8 Å². The Morgan fingerprint density at radius 3 is 2.18 bits per heavy atom. The molecule has 17 heavy (non-hydrogen) atoms. The molecule has 0 aliphatic heterocycles. The molecule has 1 aromatic carbocycles. The van der Waals surface area contributed by atoms with Crippen molar-refractivity contribution in [1.82, 2.24) is 0 Å². The van der Waals surface area contributed by atoms with Crippen molar-refractivity contribution in [3.8, 4) is 0 Å². The van der Waals surface area contributed by atoms with Crippen LogP contribution < -0.4 is 0 Å². The number of benzene rings is 1. The van der Waals surface area contributed by atoms with Gasteiger partial charge in [-0.3, -0.25) is 0 Å². The normalized spacial score (nSPS) is 12.9. The molecule has 0 fully saturated rings. The van der Waals surface area contributed by atoms with Crippen molar-refractivity contribution in [2.75, 3.05) is 6.61 Å². The van der Waals surface area contributed by atoms with Crippen LogP contribution in [0.3, 0.4) is 0 Å². The standard InChI is InChI=1S/C12H14F4O/c1-11(2,7-17)6-8-3-9(12(14,15)16)5-10(13)4-8/h3-5,17H,6-7H2,1-2H3. The minimum Gasteiger partial charge on any atom is -0.396 e. The Hall–Kier alpha value is -1.10. The largest absolute Gasteiger partial charge is 0.416 e. The second-order valence-corrected chi connectivity index (χ2v) is 4.85. The monoisotopic (exact) mass is 250 g/mol. The Bertz CT molecular complexity index is 396. The number of alkyl halides is 3. The van der Waals surface area contributed by atoms with Gasteiger partial charge in [-0.05, 0) is 35.6 Å². The van der Waals surface area contributed by atoms with E-state index in [1.165, 1.54) is 0 Å². The van der Waals surface area contributed by atoms with Gasteiger partial charge in [-0.2, -0.15) is 13.2 Å². The molecule has 1 aromatic rings. The second-order valence-electron chi connectivity index (χ2n) is 4.85. The molecule has 96 valence electrons. The van der Waals surface area contributed by atoms with Crippen LogP contribution in [0.2, 0.25) is 0 Å². The average molecular weight is 250 g/mol. The maximum absolute atomic E-state index is 13.1. The zero-order valence-corrected chi connectivity index (χ0v) is 9.61. The minimum atomic E-state index is -4.56. The summed E-state index contributed by atoms with van der Waals surface area (Å²) in [5.41, 5.74) is -1.34. The summed E-state index contributed by atoms with van der Waals surface area (Å²) < 4.78 is 50.4. The van der Waals surface area contributed by atoms with Gasteiger partial charge in [0.2, 0.25) is 0 Å². The third-order valence-corrected chi connectivity index (χ3v) is 2.40. The Morgan fingerprint density at radius 1 is 1.12 bits per heavy atom. The van der Waals surface area contributed by atoms with E-state index in [1.807, 2.05) is 0 Å². The fourth-order valence-corrected chi connectivity index (χ4v) is 1.52. The topological polar surface area (TPSA) is 20.2 Å². The third kappa shape index (κ3) is 4.00. The Labute approximate surface area is 97.1 Å². The van der Waals surface area contributed by atoms with E-state index in [9.17, 15) is 17.6 Å². The van der Waals surface area contributed by atoms with Crippen LogP contribution in [-0.4, -0.2) is 11.7 Å². The van der Waals surface area contributed by atoms with Crippen molar-refractivity contribution in [3.05, 3.63) is 35.1 Å². The molecule has 0 aliphatic carbocycles. The lowest BCUT2D eigenvalue weighted by molar-refractivity contribution is -0.137. The van der Waals surface area contributed by atoms with Crippen molar-refractivity contribution in [2.24, 2.45) is 5.41 Å². The van der Waals surface area contributed by atoms with Crippen LogP contribution >= 0.6 is 0 Å². The predicted molar refractivity (Wildman–Crippen MR) is 56.0 cm³/mol. The van der Waals surface area contributed by atoms with Crippen LogP contribution in [0.4, 0.5) is 17.6 Å². The van der Waals surface area contributed by atoms with Gasteiger partial charge in [0.25, 0.3) is 0 Å². The summed E-state index contributed by atoms with van der Waals surface area (Å²) in [6.45, 7) is 3.22. The van der Waals surface area contributed by atoms with Gasteiger partial charge in [-0.1, -0.05) is 13.8 Å². The lowest BCUT2D eigenvalue weighted by Crippen LogP contribution is -2.20. The second kappa shape index (κ2) is 4.64. The van der Waals surface area contributed by atoms with Gasteiger partial charge in [0.05, 0.1) is 5.56 Å². The molecule has 1 N–H and O–H groups in total. The molecule has 0 spiro atoms. The number of hydrogen-bond acceptors (Lipinski definition) is 1. The van der Waals surface area contributed by atoms with Crippen LogP contribution in [0.25, 0.3) is 0 Å². The first-order valence-electron chi connectivity index (χ1n) is 5.11. The van der Waals surface area contributed by atoms with E-state index in [2.05, 4.69) is 0 Å². The van der Waals surface area contributed by atoms with Gasteiger partial charge in [0.1, 0.15) is 5.82 Å². The number of halogens is 4. The molecule has 5 heteroatoms. The molecule has 1 rings (SSSR count). The molecular weight excluding hydrogens is 236 g/mol. The molecule has 0 unspecified atom stereocenters. The molecule has 0 heterocycles. The zero-order valence-electron chi connectivity index (χ0n) is 9.61. The van der Waals surface area contributed by atoms with Crippen molar-refractivity contribution < 1.29 is 22.7 Å². The number of aliphatic hydroxyl groups is 1. The molecule has 1 nitrogen and oxygen atoms in total. The van der Waals surface area contributed by atoms with Crippen molar-refractivity contribution in [1.29, 1.82) is 0 Å². The van der Waals surface area contributed by atoms with Crippen LogP contribution in [-0.2, 0) is 12.6 Å². The van der Waals surface area contributed by atoms with Crippen LogP contribution in [0.5, 0.6) is 0 Å². The summed E-state index contributed by atoms with van der Waals surface area (Å²) in [6.07, 6.45) is -4.37. The summed E-state index contributed by atoms with van der Waals surface area (Å²) in [6, 6.07) is 2.45. The first-order valence-corrected chi connectivity index (χ1v) is 5.11. The van der Waals surface area contributed by atoms with Gasteiger partial charge < -0.3 is 5.11 Å². The third-order valence-electron chi connectivity index (χ3n) is 2.40.